The molecule has 25 heavy (non-hydrogen) atoms. The third kappa shape index (κ3) is 3.18. The van der Waals surface area contributed by atoms with Crippen molar-refractivity contribution in [2.24, 2.45) is 0 Å². The molecule has 1 aliphatic heterocycles. The Kier molecular flexibility index (Phi) is 4.07. The van der Waals surface area contributed by atoms with Gasteiger partial charge in [-0.3, -0.25) is 9.89 Å². The highest BCUT2D eigenvalue weighted by Gasteiger charge is 2.21. The van der Waals surface area contributed by atoms with E-state index in [0.29, 0.717) is 5.56 Å². The first-order chi connectivity index (χ1) is 12.2. The van der Waals surface area contributed by atoms with Crippen molar-refractivity contribution in [1.82, 2.24) is 20.1 Å². The standard InChI is InChI=1S/C18H20N6O/c1-23-7-9-24(10-8-23)17-15(3-2-6-19-17)18(25)21-14-5-4-13-12-20-22-16(13)11-14/h2-6,11-12H,7-10H2,1H3,(H,20,22)(H,21,25). The van der Waals surface area contributed by atoms with E-state index < -0.39 is 0 Å². The molecule has 4 rings (SSSR count). The number of carbonyl (C=O) groups is 1. The minimum Gasteiger partial charge on any atom is -0.353 e. The van der Waals surface area contributed by atoms with Crippen molar-refractivity contribution in [2.75, 3.05) is 43.4 Å². The van der Waals surface area contributed by atoms with E-state index in [2.05, 4.69) is 37.3 Å². The fourth-order valence-corrected chi connectivity index (χ4v) is 3.06. The summed E-state index contributed by atoms with van der Waals surface area (Å²) in [5.74, 6) is 0.594. The van der Waals surface area contributed by atoms with E-state index in [1.807, 2.05) is 24.3 Å². The Morgan fingerprint density at radius 3 is 2.88 bits per heavy atom. The smallest absolute Gasteiger partial charge is 0.259 e. The van der Waals surface area contributed by atoms with E-state index >= 15 is 0 Å². The van der Waals surface area contributed by atoms with Crippen LogP contribution in [0, 0.1) is 0 Å². The van der Waals surface area contributed by atoms with E-state index in [0.717, 1.165) is 48.6 Å². The van der Waals surface area contributed by atoms with Crippen LogP contribution in [0.2, 0.25) is 0 Å². The fourth-order valence-electron chi connectivity index (χ4n) is 3.06. The average molecular weight is 336 g/mol. The molecule has 128 valence electrons. The number of pyridine rings is 1. The number of amides is 1. The molecule has 1 amide bonds. The molecule has 1 aromatic carbocycles. The van der Waals surface area contributed by atoms with Crippen molar-refractivity contribution < 1.29 is 4.79 Å². The molecule has 0 unspecified atom stereocenters. The van der Waals surface area contributed by atoms with Gasteiger partial charge in [0.25, 0.3) is 5.91 Å². The number of rotatable bonds is 3. The first-order valence-corrected chi connectivity index (χ1v) is 8.34. The fraction of sp³-hybridized carbons (Fsp3) is 0.278. The number of carbonyl (C=O) groups excluding carboxylic acids is 1. The predicted molar refractivity (Wildman–Crippen MR) is 98.0 cm³/mol. The number of piperazine rings is 1. The Labute approximate surface area is 145 Å². The number of H-pyrrole nitrogens is 1. The zero-order valence-electron chi connectivity index (χ0n) is 14.1. The van der Waals surface area contributed by atoms with Crippen LogP contribution >= 0.6 is 0 Å². The number of nitrogens with one attached hydrogen (secondary N) is 2. The quantitative estimate of drug-likeness (QED) is 0.765. The Hall–Kier alpha value is -2.93. The molecule has 3 heterocycles. The SMILES string of the molecule is CN1CCN(c2ncccc2C(=O)Nc2ccc3cn[nH]c3c2)CC1. The molecule has 1 fully saturated rings. The summed E-state index contributed by atoms with van der Waals surface area (Å²) in [5, 5.41) is 10.9. The lowest BCUT2D eigenvalue weighted by molar-refractivity contribution is 0.102. The number of aromatic amines is 1. The molecule has 0 aliphatic carbocycles. The average Bonchev–Trinajstić information content (AvgIpc) is 3.10. The van der Waals surface area contributed by atoms with Gasteiger partial charge in [-0.25, -0.2) is 4.98 Å². The first-order valence-electron chi connectivity index (χ1n) is 8.34. The first kappa shape index (κ1) is 15.6. The van der Waals surface area contributed by atoms with E-state index in [-0.39, 0.29) is 5.91 Å². The van der Waals surface area contributed by atoms with Crippen LogP contribution in [0.25, 0.3) is 10.9 Å². The molecule has 7 heteroatoms. The van der Waals surface area contributed by atoms with Crippen molar-refractivity contribution in [1.29, 1.82) is 0 Å². The summed E-state index contributed by atoms with van der Waals surface area (Å²) in [5.41, 5.74) is 2.22. The summed E-state index contributed by atoms with van der Waals surface area (Å²) in [6.45, 7) is 3.67. The summed E-state index contributed by atoms with van der Waals surface area (Å²) in [7, 11) is 2.11. The van der Waals surface area contributed by atoms with E-state index in [4.69, 9.17) is 0 Å². The molecule has 7 nitrogen and oxygen atoms in total. The largest absolute Gasteiger partial charge is 0.353 e. The number of fused-ring (bicyclic) bond motifs is 1. The number of anilines is 2. The number of hydrogen-bond donors (Lipinski definition) is 2. The van der Waals surface area contributed by atoms with Gasteiger partial charge in [-0.2, -0.15) is 5.10 Å². The number of benzene rings is 1. The molecule has 1 saturated heterocycles. The summed E-state index contributed by atoms with van der Waals surface area (Å²) >= 11 is 0. The highest BCUT2D eigenvalue weighted by molar-refractivity contribution is 6.08. The van der Waals surface area contributed by atoms with Gasteiger partial charge in [-0.05, 0) is 37.4 Å². The van der Waals surface area contributed by atoms with Crippen LogP contribution < -0.4 is 10.2 Å². The van der Waals surface area contributed by atoms with Gasteiger partial charge < -0.3 is 15.1 Å². The second kappa shape index (κ2) is 6.52. The Balaban J connectivity index is 1.57. The van der Waals surface area contributed by atoms with Gasteiger partial charge in [-0.1, -0.05) is 0 Å². The maximum atomic E-state index is 12.8. The third-order valence-electron chi connectivity index (χ3n) is 4.53. The predicted octanol–water partition coefficient (Wildman–Crippen LogP) is 1.96. The van der Waals surface area contributed by atoms with Crippen LogP contribution in [-0.4, -0.2) is 59.2 Å². The number of aromatic nitrogens is 3. The molecular formula is C18H20N6O. The van der Waals surface area contributed by atoms with E-state index in [9.17, 15) is 4.79 Å². The highest BCUT2D eigenvalue weighted by Crippen LogP contribution is 2.22. The van der Waals surface area contributed by atoms with Crippen molar-refractivity contribution in [2.45, 2.75) is 0 Å². The maximum absolute atomic E-state index is 12.8. The topological polar surface area (TPSA) is 77.2 Å². The van der Waals surface area contributed by atoms with Gasteiger partial charge in [0.15, 0.2) is 0 Å². The maximum Gasteiger partial charge on any atom is 0.259 e. The third-order valence-corrected chi connectivity index (χ3v) is 4.53. The van der Waals surface area contributed by atoms with E-state index in [1.54, 1.807) is 18.5 Å². The molecule has 2 aromatic heterocycles. The second-order valence-corrected chi connectivity index (χ2v) is 6.29. The summed E-state index contributed by atoms with van der Waals surface area (Å²) in [6, 6.07) is 9.31. The van der Waals surface area contributed by atoms with Crippen LogP contribution in [0.4, 0.5) is 11.5 Å². The highest BCUT2D eigenvalue weighted by atomic mass is 16.1. The minimum atomic E-state index is -0.152. The number of likely N-dealkylation sites (N-methyl/N-ethyl adjacent to an activating group) is 1. The van der Waals surface area contributed by atoms with Crippen molar-refractivity contribution >= 4 is 28.3 Å². The van der Waals surface area contributed by atoms with Gasteiger partial charge >= 0.3 is 0 Å². The summed E-state index contributed by atoms with van der Waals surface area (Å²) in [4.78, 5) is 21.7. The van der Waals surface area contributed by atoms with Gasteiger partial charge in [-0.15, -0.1) is 0 Å². The molecular weight excluding hydrogens is 316 g/mol. The van der Waals surface area contributed by atoms with Crippen LogP contribution in [-0.2, 0) is 0 Å². The Morgan fingerprint density at radius 1 is 1.20 bits per heavy atom. The molecule has 0 saturated carbocycles. The van der Waals surface area contributed by atoms with Crippen LogP contribution in [0.1, 0.15) is 10.4 Å². The minimum absolute atomic E-state index is 0.152. The van der Waals surface area contributed by atoms with Crippen molar-refractivity contribution in [3.05, 3.63) is 48.3 Å². The second-order valence-electron chi connectivity index (χ2n) is 6.29. The van der Waals surface area contributed by atoms with Crippen LogP contribution in [0.15, 0.2) is 42.7 Å². The van der Waals surface area contributed by atoms with Crippen LogP contribution in [0.3, 0.4) is 0 Å². The monoisotopic (exact) mass is 336 g/mol. The molecule has 2 N–H and O–H groups in total. The van der Waals surface area contributed by atoms with Gasteiger partial charge in [0.1, 0.15) is 5.82 Å². The summed E-state index contributed by atoms with van der Waals surface area (Å²) < 4.78 is 0. The summed E-state index contributed by atoms with van der Waals surface area (Å²) in [6.07, 6.45) is 3.49. The number of nitrogens with zero attached hydrogens (tertiary/aromatic N) is 4. The van der Waals surface area contributed by atoms with Gasteiger partial charge in [0.05, 0.1) is 17.3 Å². The lowest BCUT2D eigenvalue weighted by Gasteiger charge is -2.34. The van der Waals surface area contributed by atoms with Crippen LogP contribution in [0.5, 0.6) is 0 Å². The molecule has 0 radical (unpaired) electrons. The molecule has 0 atom stereocenters. The van der Waals surface area contributed by atoms with E-state index in [1.165, 1.54) is 0 Å². The lowest BCUT2D eigenvalue weighted by Crippen LogP contribution is -2.45. The number of hydrogen-bond acceptors (Lipinski definition) is 5. The molecule has 3 aromatic rings. The molecule has 0 spiro atoms. The molecule has 0 bridgehead atoms. The van der Waals surface area contributed by atoms with Gasteiger partial charge in [0.2, 0.25) is 0 Å². The zero-order valence-corrected chi connectivity index (χ0v) is 14.1. The lowest BCUT2D eigenvalue weighted by atomic mass is 10.2. The van der Waals surface area contributed by atoms with Crippen molar-refractivity contribution in [3.63, 3.8) is 0 Å². The zero-order chi connectivity index (χ0) is 17.2. The normalized spacial score (nSPS) is 15.5. The molecule has 1 aliphatic rings. The Bertz CT molecular complexity index is 897. The van der Waals surface area contributed by atoms with Crippen molar-refractivity contribution in [3.8, 4) is 0 Å². The Morgan fingerprint density at radius 2 is 2.04 bits per heavy atom. The van der Waals surface area contributed by atoms with Gasteiger partial charge in [0, 0.05) is 43.4 Å².